The summed E-state index contributed by atoms with van der Waals surface area (Å²) >= 11 is 0. The number of likely N-dealkylation sites (tertiary alicyclic amines) is 1. The van der Waals surface area contributed by atoms with Crippen molar-refractivity contribution in [3.05, 3.63) is 59.9 Å². The van der Waals surface area contributed by atoms with E-state index in [0.29, 0.717) is 66.6 Å². The van der Waals surface area contributed by atoms with Gasteiger partial charge in [-0.25, -0.2) is 18.2 Å². The molecule has 3 amide bonds. The zero-order chi connectivity index (χ0) is 31.3. The predicted octanol–water partition coefficient (Wildman–Crippen LogP) is 2.73. The summed E-state index contributed by atoms with van der Waals surface area (Å²) in [6.07, 6.45) is 3.05. The van der Waals surface area contributed by atoms with Crippen molar-refractivity contribution in [1.82, 2.24) is 24.8 Å². The number of amides is 3. The minimum absolute atomic E-state index is 0.00280. The van der Waals surface area contributed by atoms with Crippen molar-refractivity contribution < 1.29 is 22.7 Å². The second kappa shape index (κ2) is 13.7. The molecule has 2 N–H and O–H groups in total. The topological polar surface area (TPSA) is 150 Å². The van der Waals surface area contributed by atoms with Crippen molar-refractivity contribution in [3.8, 4) is 11.4 Å². The Kier molecular flexibility index (Phi) is 9.71. The third kappa shape index (κ3) is 8.27. The second-order valence-corrected chi connectivity index (χ2v) is 13.4. The number of carbonyl (C=O) groups excluding carboxylic acids is 2. The molecule has 0 saturated carbocycles. The lowest BCUT2D eigenvalue weighted by atomic mass is 10.0. The Morgan fingerprint density at radius 2 is 1.48 bits per heavy atom. The van der Waals surface area contributed by atoms with Gasteiger partial charge in [-0.1, -0.05) is 0 Å². The van der Waals surface area contributed by atoms with Crippen molar-refractivity contribution in [3.63, 3.8) is 0 Å². The number of nitrogens with one attached hydrogen (secondary N) is 2. The maximum absolute atomic E-state index is 12.9. The molecule has 2 aromatic carbocycles. The summed E-state index contributed by atoms with van der Waals surface area (Å²) in [4.78, 5) is 45.0. The van der Waals surface area contributed by atoms with Crippen molar-refractivity contribution in [2.24, 2.45) is 0 Å². The van der Waals surface area contributed by atoms with E-state index < -0.39 is 15.9 Å². The summed E-state index contributed by atoms with van der Waals surface area (Å²) in [6.45, 7) is 3.70. The zero-order valence-corrected chi connectivity index (χ0v) is 26.0. The molecule has 13 nitrogen and oxygen atoms in total. The van der Waals surface area contributed by atoms with E-state index in [1.54, 1.807) is 48.5 Å². The minimum Gasteiger partial charge on any atom is -0.378 e. The number of sulfone groups is 1. The van der Waals surface area contributed by atoms with Gasteiger partial charge in [-0.3, -0.25) is 4.79 Å². The van der Waals surface area contributed by atoms with E-state index in [2.05, 4.69) is 44.6 Å². The highest BCUT2D eigenvalue weighted by molar-refractivity contribution is 7.89. The number of rotatable bonds is 8. The molecule has 5 rings (SSSR count). The average Bonchev–Trinajstić information content (AvgIpc) is 3.01. The monoisotopic (exact) mass is 622 g/mol. The van der Waals surface area contributed by atoms with E-state index in [9.17, 15) is 18.0 Å². The van der Waals surface area contributed by atoms with Crippen LogP contribution in [0.3, 0.4) is 0 Å². The Morgan fingerprint density at radius 1 is 0.886 bits per heavy atom. The van der Waals surface area contributed by atoms with Gasteiger partial charge in [0.25, 0.3) is 5.91 Å². The third-order valence-electron chi connectivity index (χ3n) is 7.63. The van der Waals surface area contributed by atoms with E-state index in [1.165, 1.54) is 0 Å². The lowest BCUT2D eigenvalue weighted by Gasteiger charge is -2.35. The van der Waals surface area contributed by atoms with Crippen LogP contribution in [0.15, 0.2) is 48.5 Å². The largest absolute Gasteiger partial charge is 0.378 e. The SMILES string of the molecule is CN(C)C1CCN(C(=O)c2ccc(NC(=O)Nc3ccc(-c4nc(CS(C)(=O)=O)nc(N5CCOCC5)n4)cc3)cc2)CC1. The van der Waals surface area contributed by atoms with Crippen LogP contribution in [0, 0.1) is 0 Å². The lowest BCUT2D eigenvalue weighted by molar-refractivity contribution is 0.0663. The van der Waals surface area contributed by atoms with E-state index >= 15 is 0 Å². The smallest absolute Gasteiger partial charge is 0.323 e. The number of hydrogen-bond acceptors (Lipinski definition) is 10. The molecule has 0 radical (unpaired) electrons. The molecule has 234 valence electrons. The molecule has 2 aliphatic heterocycles. The number of hydrogen-bond donors (Lipinski definition) is 2. The molecule has 2 aliphatic rings. The Balaban J connectivity index is 1.20. The van der Waals surface area contributed by atoms with E-state index in [1.807, 2.05) is 9.80 Å². The summed E-state index contributed by atoms with van der Waals surface area (Å²) < 4.78 is 29.3. The molecule has 3 aromatic rings. The number of piperidine rings is 1. The molecule has 44 heavy (non-hydrogen) atoms. The number of aromatic nitrogens is 3. The fourth-order valence-corrected chi connectivity index (χ4v) is 5.80. The molecule has 0 unspecified atom stereocenters. The van der Waals surface area contributed by atoms with Gasteiger partial charge in [0, 0.05) is 61.0 Å². The van der Waals surface area contributed by atoms with Gasteiger partial charge in [-0.05, 0) is 75.5 Å². The van der Waals surface area contributed by atoms with Crippen molar-refractivity contribution >= 4 is 39.1 Å². The molecule has 14 heteroatoms. The van der Waals surface area contributed by atoms with Crippen molar-refractivity contribution in [1.29, 1.82) is 0 Å². The summed E-state index contributed by atoms with van der Waals surface area (Å²) in [5.41, 5.74) is 2.33. The Bertz CT molecular complexity index is 1570. The number of carbonyl (C=O) groups is 2. The second-order valence-electron chi connectivity index (χ2n) is 11.3. The summed E-state index contributed by atoms with van der Waals surface area (Å²) in [5, 5.41) is 5.58. The molecular weight excluding hydrogens is 584 g/mol. The first-order valence-electron chi connectivity index (χ1n) is 14.5. The Labute approximate surface area is 257 Å². The van der Waals surface area contributed by atoms with Crippen LogP contribution in [0.2, 0.25) is 0 Å². The highest BCUT2D eigenvalue weighted by Gasteiger charge is 2.25. The summed E-state index contributed by atoms with van der Waals surface area (Å²) in [5.74, 6) is 0.608. The van der Waals surface area contributed by atoms with Crippen LogP contribution in [-0.4, -0.2) is 111 Å². The van der Waals surface area contributed by atoms with E-state index in [4.69, 9.17) is 4.74 Å². The summed E-state index contributed by atoms with van der Waals surface area (Å²) in [6, 6.07) is 13.9. The van der Waals surface area contributed by atoms with Crippen LogP contribution in [0.1, 0.15) is 29.0 Å². The first kappa shape index (κ1) is 31.3. The number of benzene rings is 2. The first-order valence-corrected chi connectivity index (χ1v) is 16.6. The van der Waals surface area contributed by atoms with Gasteiger partial charge < -0.3 is 30.1 Å². The first-order chi connectivity index (χ1) is 21.0. The number of urea groups is 1. The van der Waals surface area contributed by atoms with Gasteiger partial charge >= 0.3 is 6.03 Å². The number of ether oxygens (including phenoxy) is 1. The summed E-state index contributed by atoms with van der Waals surface area (Å²) in [7, 11) is 0.780. The van der Waals surface area contributed by atoms with E-state index in [0.717, 1.165) is 32.2 Å². The molecule has 1 aromatic heterocycles. The molecule has 3 heterocycles. The highest BCUT2D eigenvalue weighted by Crippen LogP contribution is 2.22. The van der Waals surface area contributed by atoms with Crippen LogP contribution in [0.5, 0.6) is 0 Å². The maximum atomic E-state index is 12.9. The Morgan fingerprint density at radius 3 is 2.05 bits per heavy atom. The lowest BCUT2D eigenvalue weighted by Crippen LogP contribution is -2.44. The molecule has 0 bridgehead atoms. The molecular formula is C30H38N8O5S. The minimum atomic E-state index is -3.36. The molecule has 0 aliphatic carbocycles. The van der Waals surface area contributed by atoms with Gasteiger partial charge in [0.05, 0.1) is 13.2 Å². The average molecular weight is 623 g/mol. The quantitative estimate of drug-likeness (QED) is 0.384. The number of morpholine rings is 1. The maximum Gasteiger partial charge on any atom is 0.323 e. The van der Waals surface area contributed by atoms with Gasteiger partial charge in [-0.15, -0.1) is 0 Å². The van der Waals surface area contributed by atoms with Crippen LogP contribution in [-0.2, 0) is 20.3 Å². The van der Waals surface area contributed by atoms with Crippen LogP contribution < -0.4 is 15.5 Å². The third-order valence-corrected chi connectivity index (χ3v) is 8.41. The fraction of sp³-hybridized carbons (Fsp3) is 0.433. The standard InChI is InChI=1S/C30H38N8O5S/c1-36(2)25-12-14-37(15-13-25)28(39)22-6-10-24(11-7-22)32-30(40)31-23-8-4-21(5-9-23)27-33-26(20-44(3,41)42)34-29(35-27)38-16-18-43-19-17-38/h4-11,25H,12-20H2,1-3H3,(H2,31,32,40). The molecule has 2 saturated heterocycles. The predicted molar refractivity (Wildman–Crippen MR) is 169 cm³/mol. The highest BCUT2D eigenvalue weighted by atomic mass is 32.2. The van der Waals surface area contributed by atoms with Crippen LogP contribution in [0.25, 0.3) is 11.4 Å². The molecule has 0 atom stereocenters. The number of anilines is 3. The fourth-order valence-electron chi connectivity index (χ4n) is 5.20. The van der Waals surface area contributed by atoms with Crippen molar-refractivity contribution in [2.75, 3.05) is 75.3 Å². The zero-order valence-electron chi connectivity index (χ0n) is 25.2. The van der Waals surface area contributed by atoms with Crippen LogP contribution >= 0.6 is 0 Å². The molecule has 2 fully saturated rings. The van der Waals surface area contributed by atoms with Gasteiger partial charge in [0.2, 0.25) is 5.95 Å². The van der Waals surface area contributed by atoms with Gasteiger partial charge in [0.15, 0.2) is 15.7 Å². The van der Waals surface area contributed by atoms with Crippen LogP contribution in [0.4, 0.5) is 22.1 Å². The number of nitrogens with zero attached hydrogens (tertiary/aromatic N) is 6. The van der Waals surface area contributed by atoms with Gasteiger partial charge in [-0.2, -0.15) is 9.97 Å². The molecule has 0 spiro atoms. The Hall–Kier alpha value is -4.14. The van der Waals surface area contributed by atoms with Gasteiger partial charge in [0.1, 0.15) is 11.6 Å². The van der Waals surface area contributed by atoms with Crippen molar-refractivity contribution in [2.45, 2.75) is 24.6 Å². The van der Waals surface area contributed by atoms with E-state index in [-0.39, 0.29) is 17.5 Å². The normalized spacial score (nSPS) is 16.2.